The number of nitrogens with one attached hydrogen (secondary N) is 1. The minimum absolute atomic E-state index is 0.0734. The standard InChI is InChI=1S/C18H22N2O6/c1-11-9-13(12-3-2-8-24-12)25-16(22)14(11)15(21)20-6-4-18(5-7-20)10-19-17(23)26-18/h9,12H,2-8,10H2,1H3,(H,19,23). The van der Waals surface area contributed by atoms with E-state index in [4.69, 9.17) is 13.9 Å². The van der Waals surface area contributed by atoms with Crippen LogP contribution in [-0.4, -0.2) is 48.7 Å². The van der Waals surface area contributed by atoms with Crippen LogP contribution in [0.4, 0.5) is 4.79 Å². The van der Waals surface area contributed by atoms with Gasteiger partial charge in [-0.1, -0.05) is 0 Å². The van der Waals surface area contributed by atoms with Crippen molar-refractivity contribution in [2.24, 2.45) is 0 Å². The molecule has 3 aliphatic heterocycles. The second-order valence-electron chi connectivity index (χ2n) is 7.21. The molecule has 0 radical (unpaired) electrons. The maximum absolute atomic E-state index is 12.9. The van der Waals surface area contributed by atoms with Gasteiger partial charge < -0.3 is 24.1 Å². The van der Waals surface area contributed by atoms with Crippen molar-refractivity contribution in [3.05, 3.63) is 33.4 Å². The molecule has 2 amide bonds. The monoisotopic (exact) mass is 362 g/mol. The summed E-state index contributed by atoms with van der Waals surface area (Å²) >= 11 is 0. The van der Waals surface area contributed by atoms with Crippen LogP contribution in [0.15, 0.2) is 15.3 Å². The molecule has 140 valence electrons. The summed E-state index contributed by atoms with van der Waals surface area (Å²) in [6.45, 7) is 3.73. The Bertz CT molecular complexity index is 787. The van der Waals surface area contributed by atoms with Crippen molar-refractivity contribution in [2.45, 2.75) is 44.3 Å². The van der Waals surface area contributed by atoms with Crippen LogP contribution in [0.2, 0.25) is 0 Å². The molecule has 4 heterocycles. The van der Waals surface area contributed by atoms with Crippen molar-refractivity contribution >= 4 is 12.0 Å². The minimum Gasteiger partial charge on any atom is -0.441 e. The molecule has 1 atom stereocenters. The molecular formula is C18H22N2O6. The number of nitrogens with zero attached hydrogens (tertiary/aromatic N) is 1. The Morgan fingerprint density at radius 3 is 2.65 bits per heavy atom. The van der Waals surface area contributed by atoms with Gasteiger partial charge in [-0.15, -0.1) is 0 Å². The third-order valence-electron chi connectivity index (χ3n) is 5.45. The number of carbonyl (C=O) groups excluding carboxylic acids is 2. The van der Waals surface area contributed by atoms with Gasteiger partial charge in [0.15, 0.2) is 0 Å². The lowest BCUT2D eigenvalue weighted by atomic mass is 9.91. The van der Waals surface area contributed by atoms with Crippen molar-refractivity contribution in [3.8, 4) is 0 Å². The van der Waals surface area contributed by atoms with Gasteiger partial charge in [-0.2, -0.15) is 0 Å². The number of rotatable bonds is 2. The van der Waals surface area contributed by atoms with Crippen molar-refractivity contribution < 1.29 is 23.5 Å². The van der Waals surface area contributed by atoms with Gasteiger partial charge in [0.1, 0.15) is 23.0 Å². The largest absolute Gasteiger partial charge is 0.441 e. The number of alkyl carbamates (subject to hydrolysis) is 1. The van der Waals surface area contributed by atoms with E-state index in [1.54, 1.807) is 17.9 Å². The maximum Gasteiger partial charge on any atom is 0.407 e. The van der Waals surface area contributed by atoms with E-state index in [0.717, 1.165) is 12.8 Å². The van der Waals surface area contributed by atoms with Gasteiger partial charge in [-0.25, -0.2) is 9.59 Å². The topological polar surface area (TPSA) is 98.1 Å². The predicted octanol–water partition coefficient (Wildman–Crippen LogP) is 1.51. The number of carbonyl (C=O) groups is 2. The van der Waals surface area contributed by atoms with E-state index in [-0.39, 0.29) is 17.6 Å². The fourth-order valence-corrected chi connectivity index (χ4v) is 3.91. The van der Waals surface area contributed by atoms with Crippen LogP contribution in [0.5, 0.6) is 0 Å². The molecule has 1 N–H and O–H groups in total. The van der Waals surface area contributed by atoms with Gasteiger partial charge in [0.25, 0.3) is 5.91 Å². The molecule has 8 nitrogen and oxygen atoms in total. The van der Waals surface area contributed by atoms with E-state index < -0.39 is 17.3 Å². The van der Waals surface area contributed by atoms with E-state index in [1.165, 1.54) is 0 Å². The van der Waals surface area contributed by atoms with Gasteiger partial charge in [-0.05, 0) is 31.4 Å². The Balaban J connectivity index is 1.50. The number of hydrogen-bond donors (Lipinski definition) is 1. The van der Waals surface area contributed by atoms with Gasteiger partial charge in [0.05, 0.1) is 6.54 Å². The van der Waals surface area contributed by atoms with E-state index in [1.807, 2.05) is 0 Å². The molecule has 0 aromatic carbocycles. The Kier molecular flexibility index (Phi) is 4.22. The second kappa shape index (κ2) is 6.42. The lowest BCUT2D eigenvalue weighted by Crippen LogP contribution is -2.49. The molecule has 0 bridgehead atoms. The van der Waals surface area contributed by atoms with Crippen molar-refractivity contribution in [2.75, 3.05) is 26.2 Å². The second-order valence-corrected chi connectivity index (χ2v) is 7.21. The van der Waals surface area contributed by atoms with Crippen molar-refractivity contribution in [1.29, 1.82) is 0 Å². The number of aryl methyl sites for hydroxylation is 1. The molecule has 1 aromatic rings. The summed E-state index contributed by atoms with van der Waals surface area (Å²) in [5.74, 6) is 0.158. The smallest absolute Gasteiger partial charge is 0.407 e. The number of hydrogen-bond acceptors (Lipinski definition) is 6. The molecule has 3 saturated heterocycles. The van der Waals surface area contributed by atoms with E-state index in [9.17, 15) is 14.4 Å². The molecule has 3 fully saturated rings. The molecular weight excluding hydrogens is 340 g/mol. The first-order valence-corrected chi connectivity index (χ1v) is 9.00. The highest BCUT2D eigenvalue weighted by atomic mass is 16.6. The van der Waals surface area contributed by atoms with Gasteiger partial charge >= 0.3 is 11.7 Å². The molecule has 0 saturated carbocycles. The summed E-state index contributed by atoms with van der Waals surface area (Å²) in [5.41, 5.74) is -0.470. The molecule has 3 aliphatic rings. The number of amides is 2. The third kappa shape index (κ3) is 2.98. The Labute approximate surface area is 150 Å². The summed E-state index contributed by atoms with van der Waals surface area (Å²) in [4.78, 5) is 38.2. The fraction of sp³-hybridized carbons (Fsp3) is 0.611. The normalized spacial score (nSPS) is 24.6. The van der Waals surface area contributed by atoms with E-state index >= 15 is 0 Å². The first kappa shape index (κ1) is 17.1. The average molecular weight is 362 g/mol. The molecule has 0 aliphatic carbocycles. The van der Waals surface area contributed by atoms with Crippen molar-refractivity contribution in [1.82, 2.24) is 10.2 Å². The summed E-state index contributed by atoms with van der Waals surface area (Å²) in [6, 6.07) is 1.73. The Hall–Kier alpha value is -2.35. The maximum atomic E-state index is 12.9. The van der Waals surface area contributed by atoms with Crippen LogP contribution < -0.4 is 10.9 Å². The van der Waals surface area contributed by atoms with Crippen molar-refractivity contribution in [3.63, 3.8) is 0 Å². The van der Waals surface area contributed by atoms with Gasteiger partial charge in [0, 0.05) is 32.5 Å². The van der Waals surface area contributed by atoms with Crippen LogP contribution in [-0.2, 0) is 9.47 Å². The van der Waals surface area contributed by atoms with Crippen LogP contribution in [0.1, 0.15) is 53.5 Å². The number of piperidine rings is 1. The molecule has 8 heteroatoms. The van der Waals surface area contributed by atoms with Crippen LogP contribution >= 0.6 is 0 Å². The zero-order valence-electron chi connectivity index (χ0n) is 14.7. The summed E-state index contributed by atoms with van der Waals surface area (Å²) < 4.78 is 16.3. The van der Waals surface area contributed by atoms with E-state index in [0.29, 0.717) is 50.4 Å². The highest BCUT2D eigenvalue weighted by molar-refractivity contribution is 5.95. The first-order valence-electron chi connectivity index (χ1n) is 9.00. The molecule has 1 unspecified atom stereocenters. The third-order valence-corrected chi connectivity index (χ3v) is 5.45. The summed E-state index contributed by atoms with van der Waals surface area (Å²) in [6.07, 6.45) is 2.24. The zero-order chi connectivity index (χ0) is 18.3. The van der Waals surface area contributed by atoms with Crippen LogP contribution in [0, 0.1) is 6.92 Å². The van der Waals surface area contributed by atoms with Gasteiger partial charge in [0.2, 0.25) is 0 Å². The molecule has 1 aromatic heterocycles. The Morgan fingerprint density at radius 1 is 1.31 bits per heavy atom. The summed E-state index contributed by atoms with van der Waals surface area (Å²) in [7, 11) is 0. The molecule has 1 spiro atoms. The fourth-order valence-electron chi connectivity index (χ4n) is 3.91. The average Bonchev–Trinajstić information content (AvgIpc) is 3.25. The molecule has 4 rings (SSSR count). The number of likely N-dealkylation sites (tertiary alicyclic amines) is 1. The zero-order valence-corrected chi connectivity index (χ0v) is 14.7. The van der Waals surface area contributed by atoms with Crippen LogP contribution in [0.25, 0.3) is 0 Å². The highest BCUT2D eigenvalue weighted by Gasteiger charge is 2.44. The molecule has 26 heavy (non-hydrogen) atoms. The summed E-state index contributed by atoms with van der Waals surface area (Å²) in [5, 5.41) is 2.67. The van der Waals surface area contributed by atoms with Gasteiger partial charge in [-0.3, -0.25) is 4.79 Å². The first-order chi connectivity index (χ1) is 12.5. The number of ether oxygens (including phenoxy) is 2. The lowest BCUT2D eigenvalue weighted by molar-refractivity contribution is 0.00313. The predicted molar refractivity (Wildman–Crippen MR) is 90.0 cm³/mol. The lowest BCUT2D eigenvalue weighted by Gasteiger charge is -2.37. The van der Waals surface area contributed by atoms with Crippen LogP contribution in [0.3, 0.4) is 0 Å². The minimum atomic E-state index is -0.616. The quantitative estimate of drug-likeness (QED) is 0.856. The van der Waals surface area contributed by atoms with E-state index in [2.05, 4.69) is 5.32 Å². The Morgan fingerprint density at radius 2 is 2.08 bits per heavy atom. The highest BCUT2D eigenvalue weighted by Crippen LogP contribution is 2.31. The SMILES string of the molecule is Cc1cc(C2CCCO2)oc(=O)c1C(=O)N1CCC2(CC1)CNC(=O)O2.